The average Bonchev–Trinajstić information content (AvgIpc) is 3.57. The van der Waals surface area contributed by atoms with Crippen LogP contribution in [0.4, 0.5) is 5.69 Å². The first-order chi connectivity index (χ1) is 18.4. The highest BCUT2D eigenvalue weighted by Gasteiger charge is 2.74. The molecule has 0 aliphatic carbocycles. The van der Waals surface area contributed by atoms with Crippen LogP contribution in [0.1, 0.15) is 32.6 Å². The van der Waals surface area contributed by atoms with Crippen LogP contribution in [0.5, 0.6) is 5.75 Å². The third-order valence-corrected chi connectivity index (χ3v) is 7.99. The van der Waals surface area contributed by atoms with Crippen LogP contribution in [-0.2, 0) is 19.1 Å². The van der Waals surface area contributed by atoms with Crippen LogP contribution in [0.3, 0.4) is 0 Å². The molecule has 1 N–H and O–H groups in total. The summed E-state index contributed by atoms with van der Waals surface area (Å²) in [5.74, 6) is -1.38. The van der Waals surface area contributed by atoms with Gasteiger partial charge in [-0.25, -0.2) is 0 Å². The molecule has 2 unspecified atom stereocenters. The van der Waals surface area contributed by atoms with Gasteiger partial charge in [-0.05, 0) is 49.9 Å². The van der Waals surface area contributed by atoms with E-state index in [1.807, 2.05) is 6.92 Å². The van der Waals surface area contributed by atoms with Gasteiger partial charge in [0.15, 0.2) is 0 Å². The second-order valence-electron chi connectivity index (χ2n) is 10.2. The highest BCUT2D eigenvalue weighted by atomic mass is 16.5. The average molecular weight is 526 g/mol. The van der Waals surface area contributed by atoms with Gasteiger partial charge < -0.3 is 29.3 Å². The number of amides is 3. The number of likely N-dealkylation sites (tertiary alicyclic amines) is 1. The third-order valence-electron chi connectivity index (χ3n) is 7.99. The summed E-state index contributed by atoms with van der Waals surface area (Å²) in [6, 6.07) is 6.23. The van der Waals surface area contributed by atoms with E-state index in [2.05, 4.69) is 13.2 Å². The molecule has 0 radical (unpaired) electrons. The molecule has 206 valence electrons. The Bertz CT molecular complexity index is 1060. The lowest BCUT2D eigenvalue weighted by Gasteiger charge is -2.37. The van der Waals surface area contributed by atoms with E-state index in [-0.39, 0.29) is 37.4 Å². The fourth-order valence-corrected chi connectivity index (χ4v) is 6.49. The van der Waals surface area contributed by atoms with Crippen LogP contribution in [0, 0.1) is 11.8 Å². The largest absolute Gasteiger partial charge is 0.497 e. The molecule has 3 heterocycles. The van der Waals surface area contributed by atoms with Crippen LogP contribution in [-0.4, -0.2) is 90.3 Å². The summed E-state index contributed by atoms with van der Waals surface area (Å²) in [6.45, 7) is 10.9. The Balaban J connectivity index is 1.73. The maximum Gasteiger partial charge on any atom is 0.253 e. The van der Waals surface area contributed by atoms with E-state index in [1.54, 1.807) is 58.2 Å². The van der Waals surface area contributed by atoms with Crippen molar-refractivity contribution in [3.8, 4) is 5.75 Å². The molecule has 3 aliphatic rings. The first-order valence-corrected chi connectivity index (χ1v) is 13.4. The normalized spacial score (nSPS) is 27.2. The molecule has 1 spiro atoms. The molecular weight excluding hydrogens is 486 g/mol. The van der Waals surface area contributed by atoms with Crippen LogP contribution in [0.15, 0.2) is 49.6 Å². The number of ether oxygens (including phenoxy) is 2. The molecule has 9 heteroatoms. The number of hydrogen-bond acceptors (Lipinski definition) is 6. The lowest BCUT2D eigenvalue weighted by Crippen LogP contribution is -2.56. The zero-order valence-electron chi connectivity index (χ0n) is 22.4. The van der Waals surface area contributed by atoms with Crippen molar-refractivity contribution in [3.05, 3.63) is 49.6 Å². The Morgan fingerprint density at radius 2 is 1.92 bits per heavy atom. The maximum atomic E-state index is 14.4. The zero-order chi connectivity index (χ0) is 27.4. The molecule has 0 saturated carbocycles. The Labute approximate surface area is 224 Å². The van der Waals surface area contributed by atoms with Gasteiger partial charge >= 0.3 is 0 Å². The van der Waals surface area contributed by atoms with Gasteiger partial charge in [0.25, 0.3) is 5.91 Å². The van der Waals surface area contributed by atoms with Crippen LogP contribution in [0.2, 0.25) is 0 Å². The fourth-order valence-electron chi connectivity index (χ4n) is 6.49. The van der Waals surface area contributed by atoms with E-state index in [9.17, 15) is 19.5 Å². The van der Waals surface area contributed by atoms with Crippen molar-refractivity contribution in [2.45, 2.75) is 50.4 Å². The van der Waals surface area contributed by atoms with Crippen molar-refractivity contribution < 1.29 is 29.0 Å². The number of methoxy groups -OCH3 is 1. The molecule has 3 fully saturated rings. The Hall–Kier alpha value is -3.17. The Kier molecular flexibility index (Phi) is 8.57. The van der Waals surface area contributed by atoms with Crippen molar-refractivity contribution in [2.75, 3.05) is 44.8 Å². The van der Waals surface area contributed by atoms with E-state index >= 15 is 0 Å². The molecule has 38 heavy (non-hydrogen) atoms. The molecule has 1 aromatic carbocycles. The highest BCUT2D eigenvalue weighted by Crippen LogP contribution is 2.59. The number of aliphatic hydroxyl groups is 1. The molecule has 9 nitrogen and oxygen atoms in total. The topological polar surface area (TPSA) is 99.6 Å². The van der Waals surface area contributed by atoms with Gasteiger partial charge in [0.05, 0.1) is 25.0 Å². The molecule has 2 bridgehead atoms. The number of fused-ring (bicyclic) bond motifs is 1. The molecule has 3 amide bonds. The zero-order valence-corrected chi connectivity index (χ0v) is 22.4. The number of anilines is 1. The first kappa shape index (κ1) is 27.9. The van der Waals surface area contributed by atoms with Crippen LogP contribution < -0.4 is 9.64 Å². The van der Waals surface area contributed by atoms with Gasteiger partial charge in [-0.1, -0.05) is 19.1 Å². The van der Waals surface area contributed by atoms with Gasteiger partial charge in [-0.2, -0.15) is 0 Å². The van der Waals surface area contributed by atoms with E-state index in [0.717, 1.165) is 6.42 Å². The lowest BCUT2D eigenvalue weighted by atomic mass is 9.70. The number of nitrogens with zero attached hydrogens (tertiary/aromatic N) is 3. The van der Waals surface area contributed by atoms with Gasteiger partial charge in [0.1, 0.15) is 17.4 Å². The minimum atomic E-state index is -1.09. The standard InChI is InChI=1S/C29H39N3O6/c1-5-15-30(16-6-2)26(34)23-22-13-14-29(38-22)24(23)27(35)32(18-8-19-33)25(29)28(36)31(17-7-3)20-9-11-21(37-4)12-10-20/h5,7,9-12,22-25,33H,1,3,6,8,13-19H2,2,4H3/t22-,23+,24-,25?,29?/m0/s1. The van der Waals surface area contributed by atoms with Gasteiger partial charge in [-0.3, -0.25) is 14.4 Å². The molecular formula is C29H39N3O6. The predicted molar refractivity (Wildman–Crippen MR) is 144 cm³/mol. The highest BCUT2D eigenvalue weighted by molar-refractivity contribution is 6.05. The summed E-state index contributed by atoms with van der Waals surface area (Å²) >= 11 is 0. The van der Waals surface area contributed by atoms with Crippen molar-refractivity contribution in [1.29, 1.82) is 0 Å². The summed E-state index contributed by atoms with van der Waals surface area (Å²) in [5.41, 5.74) is -0.447. The maximum absolute atomic E-state index is 14.4. The second kappa shape index (κ2) is 11.7. The van der Waals surface area contributed by atoms with Crippen molar-refractivity contribution in [1.82, 2.24) is 9.80 Å². The molecule has 4 rings (SSSR count). The number of carbonyl (C=O) groups excluding carboxylic acids is 3. The number of hydrogen-bond donors (Lipinski definition) is 1. The van der Waals surface area contributed by atoms with E-state index < -0.39 is 29.6 Å². The number of rotatable bonds is 13. The lowest BCUT2D eigenvalue weighted by molar-refractivity contribution is -0.145. The summed E-state index contributed by atoms with van der Waals surface area (Å²) in [6.07, 6.45) is 5.15. The monoisotopic (exact) mass is 525 g/mol. The predicted octanol–water partition coefficient (Wildman–Crippen LogP) is 2.40. The number of carbonyl (C=O) groups is 3. The molecule has 0 aromatic heterocycles. The second-order valence-corrected chi connectivity index (χ2v) is 10.2. The van der Waals surface area contributed by atoms with Gasteiger partial charge in [0, 0.05) is 38.5 Å². The molecule has 3 aliphatic heterocycles. The minimum absolute atomic E-state index is 0.118. The minimum Gasteiger partial charge on any atom is -0.497 e. The van der Waals surface area contributed by atoms with E-state index in [0.29, 0.717) is 43.8 Å². The van der Waals surface area contributed by atoms with Crippen LogP contribution in [0.25, 0.3) is 0 Å². The van der Waals surface area contributed by atoms with Crippen LogP contribution >= 0.6 is 0 Å². The third kappa shape index (κ3) is 4.62. The first-order valence-electron chi connectivity index (χ1n) is 13.4. The van der Waals surface area contributed by atoms with Gasteiger partial charge in [0.2, 0.25) is 11.8 Å². The fraction of sp³-hybridized carbons (Fsp3) is 0.552. The summed E-state index contributed by atoms with van der Waals surface area (Å²) in [4.78, 5) is 47.0. The van der Waals surface area contributed by atoms with E-state index in [4.69, 9.17) is 9.47 Å². The SMILES string of the molecule is C=CCN(CCC)C(=O)[C@@H]1[C@@H]2CCC3(O2)C(C(=O)N(CC=C)c2ccc(OC)cc2)N(CCCO)C(=O)[C@H]13. The summed E-state index contributed by atoms with van der Waals surface area (Å²) < 4.78 is 11.8. The number of aliphatic hydroxyl groups excluding tert-OH is 1. The molecule has 3 saturated heterocycles. The Morgan fingerprint density at radius 3 is 2.53 bits per heavy atom. The smallest absolute Gasteiger partial charge is 0.253 e. The quantitative estimate of drug-likeness (QED) is 0.397. The van der Waals surface area contributed by atoms with E-state index in [1.165, 1.54) is 0 Å². The summed E-state index contributed by atoms with van der Waals surface area (Å²) in [5, 5.41) is 9.56. The van der Waals surface area contributed by atoms with Gasteiger partial charge in [-0.15, -0.1) is 13.2 Å². The van der Waals surface area contributed by atoms with Crippen molar-refractivity contribution in [3.63, 3.8) is 0 Å². The molecule has 1 aromatic rings. The number of benzene rings is 1. The van der Waals surface area contributed by atoms with Crippen molar-refractivity contribution >= 4 is 23.4 Å². The van der Waals surface area contributed by atoms with Crippen molar-refractivity contribution in [2.24, 2.45) is 11.8 Å². The molecule has 5 atom stereocenters. The Morgan fingerprint density at radius 1 is 1.21 bits per heavy atom. The summed E-state index contributed by atoms with van der Waals surface area (Å²) in [7, 11) is 1.58.